The average Bonchev–Trinajstić information content (AvgIpc) is 2.94. The second-order valence-electron chi connectivity index (χ2n) is 4.42. The van der Waals surface area contributed by atoms with Gasteiger partial charge in [0.15, 0.2) is 4.34 Å². The van der Waals surface area contributed by atoms with Gasteiger partial charge in [-0.05, 0) is 42.5 Å². The fourth-order valence-electron chi connectivity index (χ4n) is 1.86. The maximum absolute atomic E-state index is 8.74. The fourth-order valence-corrected chi connectivity index (χ4v) is 3.96. The van der Waals surface area contributed by atoms with Crippen molar-refractivity contribution in [3.8, 4) is 11.8 Å². The molecule has 1 heterocycles. The second kappa shape index (κ2) is 7.01. The van der Waals surface area contributed by atoms with Crippen LogP contribution in [0, 0.1) is 11.3 Å². The van der Waals surface area contributed by atoms with Crippen molar-refractivity contribution >= 4 is 44.9 Å². The van der Waals surface area contributed by atoms with Gasteiger partial charge in [0.25, 0.3) is 0 Å². The highest BCUT2D eigenvalue weighted by Gasteiger charge is 2.05. The Morgan fingerprint density at radius 3 is 2.82 bits per heavy atom. The van der Waals surface area contributed by atoms with Crippen molar-refractivity contribution in [2.45, 2.75) is 4.34 Å². The third-order valence-electron chi connectivity index (χ3n) is 2.89. The van der Waals surface area contributed by atoms with Gasteiger partial charge in [0.1, 0.15) is 5.75 Å². The molecule has 110 valence electrons. The van der Waals surface area contributed by atoms with Crippen LogP contribution in [0.25, 0.3) is 10.2 Å². The van der Waals surface area contributed by atoms with E-state index in [-0.39, 0.29) is 0 Å². The quantitative estimate of drug-likeness (QED) is 0.482. The molecule has 0 spiro atoms. The maximum Gasteiger partial charge on any atom is 0.151 e. The summed E-state index contributed by atoms with van der Waals surface area (Å²) in [7, 11) is 0. The zero-order valence-corrected chi connectivity index (χ0v) is 13.8. The van der Waals surface area contributed by atoms with Crippen molar-refractivity contribution in [1.29, 1.82) is 5.26 Å². The number of rotatable bonds is 5. The number of aromatic nitrogens is 1. The van der Waals surface area contributed by atoms with Gasteiger partial charge in [-0.1, -0.05) is 23.4 Å². The first kappa shape index (κ1) is 15.2. The van der Waals surface area contributed by atoms with E-state index in [1.807, 2.05) is 30.3 Å². The lowest BCUT2D eigenvalue weighted by Crippen LogP contribution is -1.99. The number of nitrogens with zero attached hydrogens (tertiary/aromatic N) is 2. The molecule has 0 saturated carbocycles. The molecule has 22 heavy (non-hydrogen) atoms. The first-order chi connectivity index (χ1) is 10.7. The van der Waals surface area contributed by atoms with Crippen LogP contribution >= 0.6 is 34.7 Å². The number of hydrogen-bond acceptors (Lipinski definition) is 5. The molecule has 0 saturated heterocycles. The molecule has 0 unspecified atom stereocenters. The summed E-state index contributed by atoms with van der Waals surface area (Å²) >= 11 is 9.29. The summed E-state index contributed by atoms with van der Waals surface area (Å²) < 4.78 is 7.80. The number of nitriles is 1. The molecule has 3 aromatic rings. The van der Waals surface area contributed by atoms with E-state index in [4.69, 9.17) is 21.6 Å². The predicted octanol–water partition coefficient (Wildman–Crippen LogP) is 4.99. The first-order valence-electron chi connectivity index (χ1n) is 6.56. The summed E-state index contributed by atoms with van der Waals surface area (Å²) in [5.74, 6) is 1.59. The van der Waals surface area contributed by atoms with E-state index in [2.05, 4.69) is 11.1 Å². The topological polar surface area (TPSA) is 45.9 Å². The van der Waals surface area contributed by atoms with Gasteiger partial charge in [0.2, 0.25) is 0 Å². The van der Waals surface area contributed by atoms with E-state index in [9.17, 15) is 0 Å². The van der Waals surface area contributed by atoms with Crippen LogP contribution in [0.5, 0.6) is 5.75 Å². The second-order valence-corrected chi connectivity index (χ2v) is 7.23. The van der Waals surface area contributed by atoms with Crippen LogP contribution in [-0.4, -0.2) is 17.3 Å². The van der Waals surface area contributed by atoms with Gasteiger partial charge in [0.05, 0.1) is 28.5 Å². The van der Waals surface area contributed by atoms with Gasteiger partial charge < -0.3 is 4.74 Å². The van der Waals surface area contributed by atoms with Crippen LogP contribution in [0.1, 0.15) is 5.56 Å². The standard InChI is InChI=1S/C16H11ClN2OS2/c17-12-3-6-15-14(9-12)19-16(22-15)21-8-7-20-13-4-1-11(10-18)2-5-13/h1-6,9H,7-8H2. The highest BCUT2D eigenvalue weighted by atomic mass is 35.5. The van der Waals surface area contributed by atoms with Gasteiger partial charge in [-0.25, -0.2) is 4.98 Å². The Balaban J connectivity index is 1.52. The Morgan fingerprint density at radius 2 is 2.05 bits per heavy atom. The van der Waals surface area contributed by atoms with E-state index in [0.717, 1.165) is 26.1 Å². The van der Waals surface area contributed by atoms with Crippen molar-refractivity contribution in [1.82, 2.24) is 4.98 Å². The number of benzene rings is 2. The minimum Gasteiger partial charge on any atom is -0.493 e. The summed E-state index contributed by atoms with van der Waals surface area (Å²) in [5.41, 5.74) is 1.57. The third-order valence-corrected chi connectivity index (χ3v) is 5.27. The number of thiazole rings is 1. The molecule has 2 aromatic carbocycles. The zero-order valence-electron chi connectivity index (χ0n) is 11.5. The molecule has 3 nitrogen and oxygen atoms in total. The lowest BCUT2D eigenvalue weighted by Gasteiger charge is -2.04. The van der Waals surface area contributed by atoms with Gasteiger partial charge in [0, 0.05) is 10.8 Å². The van der Waals surface area contributed by atoms with Crippen molar-refractivity contribution in [3.05, 3.63) is 53.1 Å². The Morgan fingerprint density at radius 1 is 1.23 bits per heavy atom. The lowest BCUT2D eigenvalue weighted by atomic mass is 10.2. The minimum absolute atomic E-state index is 0.591. The van der Waals surface area contributed by atoms with E-state index in [1.54, 1.807) is 35.2 Å². The van der Waals surface area contributed by atoms with Gasteiger partial charge in [-0.2, -0.15) is 5.26 Å². The van der Waals surface area contributed by atoms with Crippen molar-refractivity contribution < 1.29 is 4.74 Å². The molecule has 0 aliphatic heterocycles. The highest BCUT2D eigenvalue weighted by molar-refractivity contribution is 8.01. The molecule has 0 aliphatic rings. The maximum atomic E-state index is 8.74. The summed E-state index contributed by atoms with van der Waals surface area (Å²) in [4.78, 5) is 4.55. The molecule has 3 rings (SSSR count). The summed E-state index contributed by atoms with van der Waals surface area (Å²) in [6, 6.07) is 15.0. The number of hydrogen-bond donors (Lipinski definition) is 0. The Bertz CT molecular complexity index is 824. The molecule has 0 amide bonds. The summed E-state index contributed by atoms with van der Waals surface area (Å²) in [6.07, 6.45) is 0. The summed E-state index contributed by atoms with van der Waals surface area (Å²) in [5, 5.41) is 9.44. The van der Waals surface area contributed by atoms with E-state index in [0.29, 0.717) is 17.2 Å². The van der Waals surface area contributed by atoms with E-state index >= 15 is 0 Å². The normalized spacial score (nSPS) is 10.5. The molecule has 1 aromatic heterocycles. The van der Waals surface area contributed by atoms with Crippen LogP contribution in [-0.2, 0) is 0 Å². The number of fused-ring (bicyclic) bond motifs is 1. The molecule has 0 fully saturated rings. The van der Waals surface area contributed by atoms with Crippen LogP contribution in [0.3, 0.4) is 0 Å². The van der Waals surface area contributed by atoms with Gasteiger partial charge >= 0.3 is 0 Å². The van der Waals surface area contributed by atoms with Crippen LogP contribution in [0.2, 0.25) is 5.02 Å². The minimum atomic E-state index is 0.591. The predicted molar refractivity (Wildman–Crippen MR) is 92.0 cm³/mol. The molecule has 0 radical (unpaired) electrons. The van der Waals surface area contributed by atoms with Gasteiger partial charge in [-0.15, -0.1) is 11.3 Å². The summed E-state index contributed by atoms with van der Waals surface area (Å²) in [6.45, 7) is 0.591. The largest absolute Gasteiger partial charge is 0.493 e. The number of halogens is 1. The van der Waals surface area contributed by atoms with Crippen LogP contribution in [0.4, 0.5) is 0 Å². The van der Waals surface area contributed by atoms with Crippen molar-refractivity contribution in [2.24, 2.45) is 0 Å². The molecule has 0 aliphatic carbocycles. The molecular weight excluding hydrogens is 336 g/mol. The van der Waals surface area contributed by atoms with E-state index < -0.39 is 0 Å². The van der Waals surface area contributed by atoms with Crippen LogP contribution in [0.15, 0.2) is 46.8 Å². The molecule has 6 heteroatoms. The van der Waals surface area contributed by atoms with E-state index in [1.165, 1.54) is 0 Å². The molecule has 0 bridgehead atoms. The smallest absolute Gasteiger partial charge is 0.151 e. The van der Waals surface area contributed by atoms with Crippen molar-refractivity contribution in [3.63, 3.8) is 0 Å². The SMILES string of the molecule is N#Cc1ccc(OCCSc2nc3cc(Cl)ccc3s2)cc1. The molecule has 0 atom stereocenters. The highest BCUT2D eigenvalue weighted by Crippen LogP contribution is 2.30. The average molecular weight is 347 g/mol. The Labute approximate surface area is 141 Å². The number of ether oxygens (including phenoxy) is 1. The molecular formula is C16H11ClN2OS2. The fraction of sp³-hybridized carbons (Fsp3) is 0.125. The number of thioether (sulfide) groups is 1. The monoisotopic (exact) mass is 346 g/mol. The van der Waals surface area contributed by atoms with Crippen molar-refractivity contribution in [2.75, 3.05) is 12.4 Å². The van der Waals surface area contributed by atoms with Crippen LogP contribution < -0.4 is 4.74 Å². The Kier molecular flexibility index (Phi) is 4.84. The Hall–Kier alpha value is -1.74. The lowest BCUT2D eigenvalue weighted by molar-refractivity contribution is 0.344. The third kappa shape index (κ3) is 3.72. The zero-order chi connectivity index (χ0) is 15.4. The molecule has 0 N–H and O–H groups in total. The van der Waals surface area contributed by atoms with Gasteiger partial charge in [-0.3, -0.25) is 0 Å². The first-order valence-corrected chi connectivity index (χ1v) is 8.74.